The Bertz CT molecular complexity index is 824. The van der Waals surface area contributed by atoms with Gasteiger partial charge in [0.15, 0.2) is 0 Å². The molecule has 0 unspecified atom stereocenters. The van der Waals surface area contributed by atoms with Gasteiger partial charge in [-0.25, -0.2) is 5.43 Å². The highest BCUT2D eigenvalue weighted by Gasteiger charge is 2.13. The lowest BCUT2D eigenvalue weighted by Crippen LogP contribution is -2.41. The summed E-state index contributed by atoms with van der Waals surface area (Å²) in [6, 6.07) is 9.38. The summed E-state index contributed by atoms with van der Waals surface area (Å²) in [7, 11) is 0. The maximum absolute atomic E-state index is 11.6. The summed E-state index contributed by atoms with van der Waals surface area (Å²) in [6.07, 6.45) is 1.52. The van der Waals surface area contributed by atoms with Crippen LogP contribution < -0.4 is 10.7 Å². The molecule has 0 saturated heterocycles. The maximum atomic E-state index is 11.6. The van der Waals surface area contributed by atoms with E-state index in [2.05, 4.69) is 15.8 Å². The van der Waals surface area contributed by atoms with Gasteiger partial charge in [-0.05, 0) is 52.0 Å². The quantitative estimate of drug-likeness (QED) is 0.499. The van der Waals surface area contributed by atoms with E-state index in [0.717, 1.165) is 22.6 Å². The highest BCUT2D eigenvalue weighted by Crippen LogP contribution is 2.22. The molecule has 0 aliphatic rings. The zero-order chi connectivity index (χ0) is 18.6. The van der Waals surface area contributed by atoms with E-state index in [4.69, 9.17) is 11.6 Å². The van der Waals surface area contributed by atoms with Crippen molar-refractivity contribution < 1.29 is 9.59 Å². The van der Waals surface area contributed by atoms with Crippen molar-refractivity contribution in [1.29, 1.82) is 0 Å². The first-order valence-corrected chi connectivity index (χ1v) is 8.26. The van der Waals surface area contributed by atoms with E-state index in [1.807, 2.05) is 48.7 Å². The van der Waals surface area contributed by atoms with Crippen molar-refractivity contribution in [2.24, 2.45) is 5.10 Å². The van der Waals surface area contributed by atoms with Crippen molar-refractivity contribution in [2.45, 2.75) is 33.7 Å². The minimum atomic E-state index is -0.798. The van der Waals surface area contributed by atoms with Crippen LogP contribution in [0.3, 0.4) is 0 Å². The number of hydrogen-bond donors (Lipinski definition) is 2. The molecule has 1 heterocycles. The van der Waals surface area contributed by atoms with Crippen molar-refractivity contribution in [1.82, 2.24) is 15.3 Å². The largest absolute Gasteiger partial charge is 0.346 e. The fourth-order valence-electron chi connectivity index (χ4n) is 2.47. The molecule has 6 nitrogen and oxygen atoms in total. The first-order valence-electron chi connectivity index (χ1n) is 7.88. The second kappa shape index (κ2) is 7.98. The van der Waals surface area contributed by atoms with Gasteiger partial charge in [-0.1, -0.05) is 17.7 Å². The lowest BCUT2D eigenvalue weighted by atomic mass is 10.2. The zero-order valence-corrected chi connectivity index (χ0v) is 15.4. The topological polar surface area (TPSA) is 75.5 Å². The SMILES string of the molecule is Cc1cc(C=NNC(=O)C(=O)NC(C)C)c(C)n1-c1cccc(Cl)c1. The van der Waals surface area contributed by atoms with Crippen LogP contribution in [0.15, 0.2) is 35.4 Å². The minimum Gasteiger partial charge on any atom is -0.346 e. The molecule has 2 N–H and O–H groups in total. The average molecular weight is 361 g/mol. The van der Waals surface area contributed by atoms with Crippen LogP contribution in [0.5, 0.6) is 0 Å². The third-order valence-corrected chi connectivity index (χ3v) is 3.77. The molecule has 7 heteroatoms. The van der Waals surface area contributed by atoms with Crippen molar-refractivity contribution in [3.8, 4) is 5.69 Å². The van der Waals surface area contributed by atoms with Crippen molar-refractivity contribution in [3.05, 3.63) is 52.3 Å². The lowest BCUT2D eigenvalue weighted by molar-refractivity contribution is -0.139. The molecule has 1 aromatic carbocycles. The molecule has 2 rings (SSSR count). The molecule has 132 valence electrons. The Balaban J connectivity index is 2.15. The van der Waals surface area contributed by atoms with Crippen LogP contribution in [0, 0.1) is 13.8 Å². The number of carbonyl (C=O) groups is 2. The van der Waals surface area contributed by atoms with E-state index >= 15 is 0 Å². The van der Waals surface area contributed by atoms with E-state index in [1.54, 1.807) is 13.8 Å². The highest BCUT2D eigenvalue weighted by molar-refractivity contribution is 6.35. The predicted octanol–water partition coefficient (Wildman–Crippen LogP) is 2.72. The number of hydrogen-bond acceptors (Lipinski definition) is 3. The van der Waals surface area contributed by atoms with Gasteiger partial charge in [-0.15, -0.1) is 0 Å². The summed E-state index contributed by atoms with van der Waals surface area (Å²) in [5.74, 6) is -1.51. The number of aromatic nitrogens is 1. The van der Waals surface area contributed by atoms with Crippen LogP contribution in [0.1, 0.15) is 30.8 Å². The number of amides is 2. The van der Waals surface area contributed by atoms with Crippen LogP contribution in [0.25, 0.3) is 5.69 Å². The van der Waals surface area contributed by atoms with Gasteiger partial charge in [0.2, 0.25) is 0 Å². The molecule has 0 atom stereocenters. The van der Waals surface area contributed by atoms with Crippen LogP contribution in [0.4, 0.5) is 0 Å². The third kappa shape index (κ3) is 4.70. The smallest absolute Gasteiger partial charge is 0.329 e. The van der Waals surface area contributed by atoms with E-state index < -0.39 is 11.8 Å². The van der Waals surface area contributed by atoms with E-state index in [0.29, 0.717) is 5.02 Å². The summed E-state index contributed by atoms with van der Waals surface area (Å²) in [5, 5.41) is 7.03. The number of benzene rings is 1. The Morgan fingerprint density at radius 2 is 1.92 bits per heavy atom. The molecule has 1 aromatic heterocycles. The Labute approximate surface area is 151 Å². The molecular formula is C18H21ClN4O2. The monoisotopic (exact) mass is 360 g/mol. The standard InChI is InChI=1S/C18H21ClN4O2/c1-11(2)21-17(24)18(25)22-20-10-14-8-12(3)23(13(14)4)16-7-5-6-15(19)9-16/h5-11H,1-4H3,(H,21,24)(H,22,25). The van der Waals surface area contributed by atoms with Crippen LogP contribution in [-0.4, -0.2) is 28.6 Å². The minimum absolute atomic E-state index is 0.112. The van der Waals surface area contributed by atoms with Gasteiger partial charge >= 0.3 is 11.8 Å². The molecule has 25 heavy (non-hydrogen) atoms. The number of nitrogens with zero attached hydrogens (tertiary/aromatic N) is 2. The number of aryl methyl sites for hydroxylation is 1. The highest BCUT2D eigenvalue weighted by atomic mass is 35.5. The number of hydrazone groups is 1. The number of halogens is 1. The normalized spacial score (nSPS) is 11.1. The Morgan fingerprint density at radius 3 is 2.56 bits per heavy atom. The summed E-state index contributed by atoms with van der Waals surface area (Å²) in [5.41, 5.74) is 5.96. The van der Waals surface area contributed by atoms with Gasteiger partial charge in [0.1, 0.15) is 0 Å². The predicted molar refractivity (Wildman–Crippen MR) is 99.3 cm³/mol. The summed E-state index contributed by atoms with van der Waals surface area (Å²) >= 11 is 6.07. The average Bonchev–Trinajstić information content (AvgIpc) is 2.80. The summed E-state index contributed by atoms with van der Waals surface area (Å²) in [4.78, 5) is 23.2. The van der Waals surface area contributed by atoms with Crippen LogP contribution in [-0.2, 0) is 9.59 Å². The first kappa shape index (κ1) is 18.7. The Hall–Kier alpha value is -2.60. The number of rotatable bonds is 4. The number of nitrogens with one attached hydrogen (secondary N) is 2. The molecule has 2 aromatic rings. The van der Waals surface area contributed by atoms with Gasteiger partial charge < -0.3 is 9.88 Å². The maximum Gasteiger partial charge on any atom is 0.329 e. The zero-order valence-electron chi connectivity index (χ0n) is 14.6. The van der Waals surface area contributed by atoms with Gasteiger partial charge in [-0.3, -0.25) is 9.59 Å². The van der Waals surface area contributed by atoms with Crippen LogP contribution >= 0.6 is 11.6 Å². The van der Waals surface area contributed by atoms with Crippen LogP contribution in [0.2, 0.25) is 5.02 Å². The Kier molecular flexibility index (Phi) is 5.98. The molecule has 0 bridgehead atoms. The molecular weight excluding hydrogens is 340 g/mol. The summed E-state index contributed by atoms with van der Waals surface area (Å²) in [6.45, 7) is 7.47. The van der Waals surface area contributed by atoms with Crippen molar-refractivity contribution in [2.75, 3.05) is 0 Å². The second-order valence-electron chi connectivity index (χ2n) is 5.97. The summed E-state index contributed by atoms with van der Waals surface area (Å²) < 4.78 is 2.04. The van der Waals surface area contributed by atoms with Gasteiger partial charge in [0.05, 0.1) is 6.21 Å². The second-order valence-corrected chi connectivity index (χ2v) is 6.41. The Morgan fingerprint density at radius 1 is 1.20 bits per heavy atom. The fraction of sp³-hybridized carbons (Fsp3) is 0.278. The number of carbonyl (C=O) groups excluding carboxylic acids is 2. The molecule has 0 fully saturated rings. The van der Waals surface area contributed by atoms with Crippen molar-refractivity contribution in [3.63, 3.8) is 0 Å². The molecule has 0 aliphatic carbocycles. The fourth-order valence-corrected chi connectivity index (χ4v) is 2.65. The third-order valence-electron chi connectivity index (χ3n) is 3.53. The lowest BCUT2D eigenvalue weighted by Gasteiger charge is -2.09. The molecule has 0 aliphatic heterocycles. The molecule has 2 amide bonds. The first-order chi connectivity index (χ1) is 11.8. The van der Waals surface area contributed by atoms with Gasteiger partial charge in [0.25, 0.3) is 0 Å². The van der Waals surface area contributed by atoms with Gasteiger partial charge in [-0.2, -0.15) is 5.10 Å². The van der Waals surface area contributed by atoms with E-state index in [-0.39, 0.29) is 6.04 Å². The van der Waals surface area contributed by atoms with E-state index in [1.165, 1.54) is 6.21 Å². The molecule has 0 spiro atoms. The molecule has 0 radical (unpaired) electrons. The van der Waals surface area contributed by atoms with Gasteiger partial charge in [0, 0.05) is 33.7 Å². The molecule has 0 saturated carbocycles. The van der Waals surface area contributed by atoms with Crippen molar-refractivity contribution >= 4 is 29.6 Å². The van der Waals surface area contributed by atoms with E-state index in [9.17, 15) is 9.59 Å².